The van der Waals surface area contributed by atoms with Gasteiger partial charge in [-0.25, -0.2) is 14.9 Å². The van der Waals surface area contributed by atoms with Gasteiger partial charge < -0.3 is 9.73 Å². The van der Waals surface area contributed by atoms with Crippen LogP contribution in [-0.2, 0) is 4.79 Å². The third-order valence-electron chi connectivity index (χ3n) is 7.11. The maximum atomic E-state index is 12.9. The van der Waals surface area contributed by atoms with Gasteiger partial charge in [-0.1, -0.05) is 48.5 Å². The van der Waals surface area contributed by atoms with Crippen LogP contribution in [0, 0.1) is 0 Å². The lowest BCUT2D eigenvalue weighted by atomic mass is 10.1. The van der Waals surface area contributed by atoms with E-state index in [0.717, 1.165) is 31.0 Å². The van der Waals surface area contributed by atoms with Gasteiger partial charge >= 0.3 is 0 Å². The zero-order valence-corrected chi connectivity index (χ0v) is 25.0. The molecule has 0 spiro atoms. The molecule has 1 N–H and O–H groups in total. The molecule has 2 aliphatic heterocycles. The van der Waals surface area contributed by atoms with Gasteiger partial charge in [-0.3, -0.25) is 14.4 Å². The zero-order valence-electron chi connectivity index (χ0n) is 22.5. The quantitative estimate of drug-likeness (QED) is 0.153. The maximum absolute atomic E-state index is 12.9. The first-order chi connectivity index (χ1) is 21.5. The summed E-state index contributed by atoms with van der Waals surface area (Å²) in [5, 5.41) is 6.05. The first kappa shape index (κ1) is 26.6. The average Bonchev–Trinajstić information content (AvgIpc) is 3.79. The van der Waals surface area contributed by atoms with Gasteiger partial charge in [0.15, 0.2) is 14.6 Å². The summed E-state index contributed by atoms with van der Waals surface area (Å²) in [5.41, 5.74) is 2.86. The van der Waals surface area contributed by atoms with Crippen LogP contribution >= 0.6 is 34.9 Å². The number of carbonyl (C=O) groups is 3. The summed E-state index contributed by atoms with van der Waals surface area (Å²) in [6.45, 7) is 0. The molecule has 44 heavy (non-hydrogen) atoms. The van der Waals surface area contributed by atoms with E-state index in [1.807, 2.05) is 54.6 Å². The Morgan fingerprint density at radius 2 is 1.64 bits per heavy atom. The van der Waals surface area contributed by atoms with Crippen molar-refractivity contribution >= 4 is 96.2 Å². The number of thiazole rings is 1. The smallest absolute Gasteiger partial charge is 0.266 e. The monoisotopic (exact) mass is 630 g/mol. The van der Waals surface area contributed by atoms with E-state index in [9.17, 15) is 14.4 Å². The zero-order chi connectivity index (χ0) is 29.8. The fourth-order valence-corrected chi connectivity index (χ4v) is 7.89. The fraction of sp³-hybridized carbons (Fsp3) is 0. The molecule has 0 unspecified atom stereocenters. The van der Waals surface area contributed by atoms with Crippen LogP contribution in [0.2, 0.25) is 0 Å². The van der Waals surface area contributed by atoms with Crippen molar-refractivity contribution in [3.63, 3.8) is 0 Å². The summed E-state index contributed by atoms with van der Waals surface area (Å²) in [6.07, 6.45) is 1.70. The van der Waals surface area contributed by atoms with E-state index in [1.54, 1.807) is 48.5 Å². The predicted molar refractivity (Wildman–Crippen MR) is 175 cm³/mol. The molecule has 0 bridgehead atoms. The van der Waals surface area contributed by atoms with Crippen molar-refractivity contribution in [3.8, 4) is 0 Å². The normalized spacial score (nSPS) is 16.5. The molecule has 6 aromatic rings. The standard InChI is InChI=1S/C33H18N4O4S3/c38-29-27(42-32(36-29)34-24-11-5-7-18-6-1-2-8-21(18)24)17-20-13-15-28(41-20)44-33-35-25-14-12-19(16-26(25)43-33)37-30(39)22-9-3-4-10-23(22)31(37)40/h1-17H,(H,34,36,38)/b27-17-. The van der Waals surface area contributed by atoms with E-state index < -0.39 is 0 Å². The second kappa shape index (κ2) is 10.6. The molecular formula is C33H18N4O4S3. The largest absolute Gasteiger partial charge is 0.450 e. The SMILES string of the molecule is O=C1NC(=Nc2cccc3ccccc23)S/C1=C\c1ccc(Sc2nc3ccc(N4C(=O)c5ccccc5C4=O)cc3s2)o1. The number of rotatable bonds is 5. The number of nitrogens with zero attached hydrogens (tertiary/aromatic N) is 3. The molecule has 1 fully saturated rings. The summed E-state index contributed by atoms with van der Waals surface area (Å²) in [5.74, 6) is -0.366. The van der Waals surface area contributed by atoms with Crippen molar-refractivity contribution < 1.29 is 18.8 Å². The van der Waals surface area contributed by atoms with Gasteiger partial charge in [-0.05, 0) is 77.4 Å². The second-order valence-electron chi connectivity index (χ2n) is 9.86. The van der Waals surface area contributed by atoms with Crippen LogP contribution in [0.15, 0.2) is 121 Å². The van der Waals surface area contributed by atoms with Gasteiger partial charge in [-0.2, -0.15) is 0 Å². The van der Waals surface area contributed by atoms with Crippen molar-refractivity contribution in [2.24, 2.45) is 4.99 Å². The van der Waals surface area contributed by atoms with E-state index in [0.29, 0.717) is 37.7 Å². The molecule has 3 amide bonds. The number of hydrogen-bond acceptors (Lipinski definition) is 9. The van der Waals surface area contributed by atoms with E-state index >= 15 is 0 Å². The molecule has 2 aromatic heterocycles. The van der Waals surface area contributed by atoms with E-state index in [2.05, 4.69) is 15.3 Å². The van der Waals surface area contributed by atoms with E-state index in [-0.39, 0.29) is 17.7 Å². The number of furan rings is 1. The van der Waals surface area contributed by atoms with Crippen LogP contribution in [-0.4, -0.2) is 27.9 Å². The average molecular weight is 631 g/mol. The number of imide groups is 1. The number of thioether (sulfide) groups is 1. The lowest BCUT2D eigenvalue weighted by Crippen LogP contribution is -2.29. The first-order valence-corrected chi connectivity index (χ1v) is 15.9. The number of anilines is 1. The van der Waals surface area contributed by atoms with Crippen molar-refractivity contribution in [1.82, 2.24) is 10.3 Å². The highest BCUT2D eigenvalue weighted by atomic mass is 32.2. The number of benzene rings is 4. The highest BCUT2D eigenvalue weighted by molar-refractivity contribution is 8.18. The van der Waals surface area contributed by atoms with Crippen molar-refractivity contribution in [2.45, 2.75) is 9.43 Å². The predicted octanol–water partition coefficient (Wildman–Crippen LogP) is 7.89. The fourth-order valence-electron chi connectivity index (χ4n) is 5.08. The molecular weight excluding hydrogens is 613 g/mol. The van der Waals surface area contributed by atoms with Gasteiger partial charge in [0.2, 0.25) is 0 Å². The number of amidine groups is 1. The summed E-state index contributed by atoms with van der Waals surface area (Å²) < 4.78 is 7.58. The minimum absolute atomic E-state index is 0.236. The third-order valence-corrected chi connectivity index (χ3v) is 10.0. The number of fused-ring (bicyclic) bond motifs is 3. The second-order valence-corrected chi connectivity index (χ2v) is 13.2. The number of nitrogens with one attached hydrogen (secondary N) is 1. The molecule has 4 heterocycles. The lowest BCUT2D eigenvalue weighted by molar-refractivity contribution is -0.115. The number of carbonyl (C=O) groups excluding carboxylic acids is 3. The minimum Gasteiger partial charge on any atom is -0.450 e. The third kappa shape index (κ3) is 4.71. The molecule has 1 saturated heterocycles. The Morgan fingerprint density at radius 1 is 0.864 bits per heavy atom. The molecule has 0 atom stereocenters. The van der Waals surface area contributed by atoms with Crippen LogP contribution in [0.4, 0.5) is 11.4 Å². The molecule has 11 heteroatoms. The molecule has 0 saturated carbocycles. The number of aliphatic imine (C=N–C) groups is 1. The molecule has 8 nitrogen and oxygen atoms in total. The molecule has 0 radical (unpaired) electrons. The number of amides is 3. The Labute approximate surface area is 262 Å². The van der Waals surface area contributed by atoms with Gasteiger partial charge in [0.05, 0.1) is 37.6 Å². The van der Waals surface area contributed by atoms with Crippen molar-refractivity contribution in [3.05, 3.63) is 119 Å². The summed E-state index contributed by atoms with van der Waals surface area (Å²) >= 11 is 4.06. The van der Waals surface area contributed by atoms with Crippen LogP contribution < -0.4 is 10.2 Å². The highest BCUT2D eigenvalue weighted by Gasteiger charge is 2.36. The molecule has 212 valence electrons. The highest BCUT2D eigenvalue weighted by Crippen LogP contribution is 2.39. The number of aromatic nitrogens is 1. The van der Waals surface area contributed by atoms with Crippen molar-refractivity contribution in [2.75, 3.05) is 4.90 Å². The summed E-state index contributed by atoms with van der Waals surface area (Å²) in [6, 6.07) is 29.7. The summed E-state index contributed by atoms with van der Waals surface area (Å²) in [4.78, 5) is 49.6. The topological polar surface area (TPSA) is 105 Å². The Hall–Kier alpha value is -4.97. The van der Waals surface area contributed by atoms with Crippen LogP contribution in [0.1, 0.15) is 26.5 Å². The molecule has 8 rings (SSSR count). The van der Waals surface area contributed by atoms with Crippen molar-refractivity contribution in [1.29, 1.82) is 0 Å². The Balaban J connectivity index is 0.991. The Morgan fingerprint density at radius 3 is 2.48 bits per heavy atom. The molecule has 0 aliphatic carbocycles. The van der Waals surface area contributed by atoms with Gasteiger partial charge in [0.1, 0.15) is 5.76 Å². The lowest BCUT2D eigenvalue weighted by Gasteiger charge is -2.13. The van der Waals surface area contributed by atoms with Gasteiger partial charge in [-0.15, -0.1) is 11.3 Å². The minimum atomic E-state index is -0.331. The molecule has 4 aromatic carbocycles. The first-order valence-electron chi connectivity index (χ1n) is 13.4. The van der Waals surface area contributed by atoms with Crippen LogP contribution in [0.5, 0.6) is 0 Å². The number of hydrogen-bond donors (Lipinski definition) is 1. The Bertz CT molecular complexity index is 2210. The van der Waals surface area contributed by atoms with Gasteiger partial charge in [0, 0.05) is 11.5 Å². The van der Waals surface area contributed by atoms with Crippen LogP contribution in [0.25, 0.3) is 27.1 Å². The van der Waals surface area contributed by atoms with Gasteiger partial charge in [0.25, 0.3) is 17.7 Å². The Kier molecular flexibility index (Phi) is 6.44. The van der Waals surface area contributed by atoms with E-state index in [1.165, 1.54) is 39.8 Å². The molecule has 2 aliphatic rings. The summed E-state index contributed by atoms with van der Waals surface area (Å²) in [7, 11) is 0. The maximum Gasteiger partial charge on any atom is 0.266 e. The van der Waals surface area contributed by atoms with Crippen LogP contribution in [0.3, 0.4) is 0 Å². The van der Waals surface area contributed by atoms with E-state index in [4.69, 9.17) is 4.42 Å².